The first kappa shape index (κ1) is 26.9. The van der Waals surface area contributed by atoms with Crippen LogP contribution >= 0.6 is 0 Å². The van der Waals surface area contributed by atoms with Gasteiger partial charge in [-0.3, -0.25) is 0 Å². The molecule has 12 atom stereocenters. The van der Waals surface area contributed by atoms with Crippen LogP contribution in [-0.2, 0) is 0 Å². The van der Waals surface area contributed by atoms with Crippen molar-refractivity contribution in [2.75, 3.05) is 0 Å². The van der Waals surface area contributed by atoms with E-state index in [1.807, 2.05) is 0 Å². The van der Waals surface area contributed by atoms with Crippen molar-refractivity contribution in [2.24, 2.45) is 79.2 Å². The molecule has 0 amide bonds. The summed E-state index contributed by atoms with van der Waals surface area (Å²) in [5.74, 6) is 7.68. The lowest BCUT2D eigenvalue weighted by atomic mass is 9.45. The molecule has 8 aliphatic carbocycles. The monoisotopic (exact) mass is 544 g/mol. The average Bonchev–Trinajstić information content (AvgIpc) is 3.47. The summed E-state index contributed by atoms with van der Waals surface area (Å²) in [5.41, 5.74) is 4.96. The standard InChI is InChI=1S/C38H60N2/c1-35-21-7-5-9-25(35)11-13-27-29-15-17-33(37(29,3)23-19-31(27)35)39-40-34-18-16-30-28-14-12-26-10-6-8-22-36(26,2)32(28)20-24-38(30,34)4/h25-32H,5-24H2,1-4H3/b39-33+,40-34+/t25-,26-,27-,28+,29-,30-,31-,32-,35+,36+,37+,38+/m1/s1. The highest BCUT2D eigenvalue weighted by Crippen LogP contribution is 2.67. The maximum atomic E-state index is 5.32. The van der Waals surface area contributed by atoms with Gasteiger partial charge in [0.2, 0.25) is 0 Å². The second-order valence-corrected chi connectivity index (χ2v) is 17.9. The number of hydrogen-bond acceptors (Lipinski definition) is 2. The third-order valence-corrected chi connectivity index (χ3v) is 16.9. The van der Waals surface area contributed by atoms with Crippen LogP contribution in [0.15, 0.2) is 10.2 Å². The maximum Gasteiger partial charge on any atom is 0.0467 e. The Labute approximate surface area is 246 Å². The van der Waals surface area contributed by atoms with Gasteiger partial charge in [0, 0.05) is 22.3 Å². The summed E-state index contributed by atoms with van der Waals surface area (Å²) < 4.78 is 0. The molecule has 0 aromatic heterocycles. The van der Waals surface area contributed by atoms with E-state index < -0.39 is 0 Å². The number of nitrogens with zero attached hydrogens (tertiary/aromatic N) is 2. The summed E-state index contributed by atoms with van der Waals surface area (Å²) in [6, 6.07) is 0. The number of fused-ring (bicyclic) bond motifs is 10. The molecule has 222 valence electrons. The van der Waals surface area contributed by atoms with Crippen molar-refractivity contribution in [1.82, 2.24) is 0 Å². The van der Waals surface area contributed by atoms with E-state index in [2.05, 4.69) is 27.7 Å². The summed E-state index contributed by atoms with van der Waals surface area (Å²) in [5, 5.41) is 10.6. The fourth-order valence-corrected chi connectivity index (χ4v) is 14.6. The van der Waals surface area contributed by atoms with E-state index in [1.165, 1.54) is 140 Å². The first-order chi connectivity index (χ1) is 19.3. The lowest BCUT2D eigenvalue weighted by Crippen LogP contribution is -2.53. The van der Waals surface area contributed by atoms with Gasteiger partial charge >= 0.3 is 0 Å². The second-order valence-electron chi connectivity index (χ2n) is 17.9. The molecular weight excluding hydrogens is 484 g/mol. The minimum atomic E-state index is 0.327. The Hall–Kier alpha value is -0.660. The summed E-state index contributed by atoms with van der Waals surface area (Å²) >= 11 is 0. The fraction of sp³-hybridized carbons (Fsp3) is 0.947. The predicted octanol–water partition coefficient (Wildman–Crippen LogP) is 10.6. The molecule has 0 aromatic rings. The Morgan fingerprint density at radius 1 is 0.450 bits per heavy atom. The molecule has 8 aliphatic rings. The highest BCUT2D eigenvalue weighted by molar-refractivity contribution is 5.95. The van der Waals surface area contributed by atoms with Gasteiger partial charge in [0.1, 0.15) is 0 Å². The largest absolute Gasteiger partial charge is 0.160 e. The topological polar surface area (TPSA) is 24.7 Å². The molecular formula is C38H60N2. The van der Waals surface area contributed by atoms with Gasteiger partial charge in [-0.2, -0.15) is 10.2 Å². The Morgan fingerprint density at radius 2 is 0.900 bits per heavy atom. The van der Waals surface area contributed by atoms with Crippen LogP contribution in [0.4, 0.5) is 0 Å². The molecule has 40 heavy (non-hydrogen) atoms. The van der Waals surface area contributed by atoms with Gasteiger partial charge in [-0.15, -0.1) is 0 Å². The molecule has 0 unspecified atom stereocenters. The van der Waals surface area contributed by atoms with E-state index >= 15 is 0 Å². The fourth-order valence-electron chi connectivity index (χ4n) is 14.6. The molecule has 2 nitrogen and oxygen atoms in total. The van der Waals surface area contributed by atoms with Gasteiger partial charge in [-0.05, 0) is 161 Å². The third-order valence-electron chi connectivity index (χ3n) is 16.9. The zero-order valence-corrected chi connectivity index (χ0v) is 26.7. The molecule has 2 heteroatoms. The number of rotatable bonds is 1. The molecule has 0 aromatic carbocycles. The average molecular weight is 545 g/mol. The van der Waals surface area contributed by atoms with Crippen LogP contribution in [0.5, 0.6) is 0 Å². The van der Waals surface area contributed by atoms with Gasteiger partial charge in [0.15, 0.2) is 0 Å². The van der Waals surface area contributed by atoms with E-state index in [0.717, 1.165) is 47.3 Å². The Balaban J connectivity index is 1.02. The molecule has 8 rings (SSSR count). The van der Waals surface area contributed by atoms with Gasteiger partial charge in [0.05, 0.1) is 0 Å². The molecule has 0 aliphatic heterocycles. The van der Waals surface area contributed by atoms with E-state index in [9.17, 15) is 0 Å². The van der Waals surface area contributed by atoms with Crippen molar-refractivity contribution in [1.29, 1.82) is 0 Å². The summed E-state index contributed by atoms with van der Waals surface area (Å²) in [7, 11) is 0. The lowest BCUT2D eigenvalue weighted by molar-refractivity contribution is -0.0938. The van der Waals surface area contributed by atoms with Crippen LogP contribution in [0, 0.1) is 69.0 Å². The molecule has 8 saturated carbocycles. The maximum absolute atomic E-state index is 5.32. The lowest BCUT2D eigenvalue weighted by Gasteiger charge is -2.60. The molecule has 0 bridgehead atoms. The molecule has 0 saturated heterocycles. The first-order valence-corrected chi connectivity index (χ1v) is 18.4. The van der Waals surface area contributed by atoms with Crippen molar-refractivity contribution in [3.8, 4) is 0 Å². The Kier molecular flexibility index (Phi) is 6.34. The summed E-state index contributed by atoms with van der Waals surface area (Å²) in [6.45, 7) is 10.7. The minimum Gasteiger partial charge on any atom is -0.160 e. The van der Waals surface area contributed by atoms with E-state index in [1.54, 1.807) is 0 Å². The van der Waals surface area contributed by atoms with Gasteiger partial charge in [-0.1, -0.05) is 53.4 Å². The quantitative estimate of drug-likeness (QED) is 0.293. The third kappa shape index (κ3) is 3.64. The van der Waals surface area contributed by atoms with Crippen LogP contribution in [0.1, 0.15) is 156 Å². The molecule has 0 radical (unpaired) electrons. The van der Waals surface area contributed by atoms with Crippen LogP contribution in [0.2, 0.25) is 0 Å². The molecule has 0 N–H and O–H groups in total. The van der Waals surface area contributed by atoms with Crippen LogP contribution in [0.25, 0.3) is 0 Å². The number of hydrogen-bond donors (Lipinski definition) is 0. The predicted molar refractivity (Wildman–Crippen MR) is 168 cm³/mol. The van der Waals surface area contributed by atoms with E-state index in [4.69, 9.17) is 10.2 Å². The highest BCUT2D eigenvalue weighted by Gasteiger charge is 2.61. The van der Waals surface area contributed by atoms with Crippen molar-refractivity contribution in [2.45, 2.75) is 156 Å². The normalized spacial score (nSPS) is 57.5. The molecule has 0 heterocycles. The van der Waals surface area contributed by atoms with Gasteiger partial charge in [-0.25, -0.2) is 0 Å². The highest BCUT2D eigenvalue weighted by atomic mass is 15.2. The molecule has 8 fully saturated rings. The summed E-state index contributed by atoms with van der Waals surface area (Å²) in [6.07, 6.45) is 29.0. The summed E-state index contributed by atoms with van der Waals surface area (Å²) in [4.78, 5) is 0. The Bertz CT molecular complexity index is 989. The Morgan fingerprint density at radius 3 is 1.35 bits per heavy atom. The van der Waals surface area contributed by atoms with E-state index in [0.29, 0.717) is 21.7 Å². The van der Waals surface area contributed by atoms with Crippen molar-refractivity contribution in [3.63, 3.8) is 0 Å². The van der Waals surface area contributed by atoms with E-state index in [-0.39, 0.29) is 0 Å². The van der Waals surface area contributed by atoms with Crippen molar-refractivity contribution < 1.29 is 0 Å². The molecule has 0 spiro atoms. The zero-order valence-electron chi connectivity index (χ0n) is 26.7. The zero-order chi connectivity index (χ0) is 27.3. The van der Waals surface area contributed by atoms with Crippen molar-refractivity contribution in [3.05, 3.63) is 0 Å². The first-order valence-electron chi connectivity index (χ1n) is 18.4. The van der Waals surface area contributed by atoms with Gasteiger partial charge in [0.25, 0.3) is 0 Å². The van der Waals surface area contributed by atoms with Crippen LogP contribution < -0.4 is 0 Å². The van der Waals surface area contributed by atoms with Crippen LogP contribution in [-0.4, -0.2) is 11.4 Å². The minimum absolute atomic E-state index is 0.327. The van der Waals surface area contributed by atoms with Crippen LogP contribution in [0.3, 0.4) is 0 Å². The smallest absolute Gasteiger partial charge is 0.0467 e. The second kappa shape index (κ2) is 9.42. The SMILES string of the molecule is C[C@]12CCCC[C@@H]1CC[C@@H]1[C@H]2CC[C@]2(C)/C(=N/N=C3\CC[C@@H]4[C@H]5CC[C@H]6CCCC[C@]6(C)[C@@H]5CC[C@]34C)CC[C@H]12. The van der Waals surface area contributed by atoms with Crippen molar-refractivity contribution >= 4 is 11.4 Å². The van der Waals surface area contributed by atoms with Gasteiger partial charge < -0.3 is 0 Å².